The SMILES string of the molecule is CCN(CC)CCN(C)c1nc2ccc(NC(=O)c3ccc(-c4ccc(OC)cc4)cc3)cc2nc1OC. The van der Waals surface area contributed by atoms with Gasteiger partial charge in [0.25, 0.3) is 11.8 Å². The highest BCUT2D eigenvalue weighted by Gasteiger charge is 2.15. The third-order valence-electron chi connectivity index (χ3n) is 6.64. The quantitative estimate of drug-likeness (QED) is 0.290. The summed E-state index contributed by atoms with van der Waals surface area (Å²) in [6.07, 6.45) is 0. The molecule has 1 aromatic heterocycles. The van der Waals surface area contributed by atoms with Crippen molar-refractivity contribution in [3.05, 3.63) is 72.3 Å². The number of methoxy groups -OCH3 is 2. The third kappa shape index (κ3) is 6.20. The standard InChI is InChI=1S/C30H35N5O3/c1-6-35(7-2)19-18-34(3)28-30(38-5)33-27-20-24(14-17-26(27)32-28)31-29(36)23-10-8-21(9-11-23)22-12-15-25(37-4)16-13-22/h8-17,20H,6-7,18-19H2,1-5H3,(H,31,36). The summed E-state index contributed by atoms with van der Waals surface area (Å²) in [5.41, 5.74) is 4.66. The lowest BCUT2D eigenvalue weighted by molar-refractivity contribution is 0.102. The summed E-state index contributed by atoms with van der Waals surface area (Å²) in [7, 11) is 5.24. The largest absolute Gasteiger partial charge is 0.497 e. The maximum absolute atomic E-state index is 12.9. The zero-order chi connectivity index (χ0) is 27.1. The number of rotatable bonds is 11. The van der Waals surface area contributed by atoms with E-state index in [-0.39, 0.29) is 5.91 Å². The van der Waals surface area contributed by atoms with Crippen molar-refractivity contribution < 1.29 is 14.3 Å². The minimum absolute atomic E-state index is 0.196. The monoisotopic (exact) mass is 513 g/mol. The lowest BCUT2D eigenvalue weighted by Gasteiger charge is -2.24. The smallest absolute Gasteiger partial charge is 0.257 e. The molecular weight excluding hydrogens is 478 g/mol. The Morgan fingerprint density at radius 1 is 0.816 bits per heavy atom. The van der Waals surface area contributed by atoms with E-state index < -0.39 is 0 Å². The second kappa shape index (κ2) is 12.4. The van der Waals surface area contributed by atoms with Gasteiger partial charge in [-0.15, -0.1) is 0 Å². The summed E-state index contributed by atoms with van der Waals surface area (Å²) in [5, 5.41) is 2.97. The molecule has 1 amide bonds. The molecule has 0 radical (unpaired) electrons. The van der Waals surface area contributed by atoms with Crippen LogP contribution in [0.25, 0.3) is 22.2 Å². The van der Waals surface area contributed by atoms with Crippen LogP contribution in [0.2, 0.25) is 0 Å². The number of ether oxygens (including phenoxy) is 2. The van der Waals surface area contributed by atoms with Gasteiger partial charge in [0.15, 0.2) is 5.82 Å². The normalized spacial score (nSPS) is 11.0. The fourth-order valence-corrected chi connectivity index (χ4v) is 4.23. The number of carbonyl (C=O) groups is 1. The predicted octanol–water partition coefficient (Wildman–Crippen LogP) is 5.34. The van der Waals surface area contributed by atoms with Crippen molar-refractivity contribution in [1.82, 2.24) is 14.9 Å². The van der Waals surface area contributed by atoms with Gasteiger partial charge in [-0.2, -0.15) is 0 Å². The van der Waals surface area contributed by atoms with E-state index in [1.54, 1.807) is 14.2 Å². The number of anilines is 2. The van der Waals surface area contributed by atoms with Crippen molar-refractivity contribution in [3.8, 4) is 22.8 Å². The van der Waals surface area contributed by atoms with Gasteiger partial charge in [-0.1, -0.05) is 38.1 Å². The van der Waals surface area contributed by atoms with Gasteiger partial charge >= 0.3 is 0 Å². The number of carbonyl (C=O) groups excluding carboxylic acids is 1. The first-order chi connectivity index (χ1) is 18.4. The second-order valence-electron chi connectivity index (χ2n) is 8.97. The number of amides is 1. The van der Waals surface area contributed by atoms with Crippen LogP contribution < -0.4 is 19.7 Å². The van der Waals surface area contributed by atoms with Gasteiger partial charge in [0.1, 0.15) is 5.75 Å². The highest BCUT2D eigenvalue weighted by Crippen LogP contribution is 2.28. The van der Waals surface area contributed by atoms with Gasteiger partial charge in [0.05, 0.1) is 25.3 Å². The molecule has 1 N–H and O–H groups in total. The molecule has 0 fully saturated rings. The van der Waals surface area contributed by atoms with E-state index in [0.717, 1.165) is 48.6 Å². The van der Waals surface area contributed by atoms with Crippen LogP contribution in [0, 0.1) is 0 Å². The minimum atomic E-state index is -0.196. The second-order valence-corrected chi connectivity index (χ2v) is 8.97. The van der Waals surface area contributed by atoms with Crippen molar-refractivity contribution >= 4 is 28.4 Å². The first-order valence-corrected chi connectivity index (χ1v) is 12.8. The molecule has 0 spiro atoms. The number of hydrogen-bond acceptors (Lipinski definition) is 7. The Hall–Kier alpha value is -4.17. The number of likely N-dealkylation sites (N-methyl/N-ethyl adjacent to an activating group) is 2. The highest BCUT2D eigenvalue weighted by molar-refractivity contribution is 6.05. The Kier molecular flexibility index (Phi) is 8.76. The molecule has 38 heavy (non-hydrogen) atoms. The number of nitrogens with one attached hydrogen (secondary N) is 1. The molecule has 0 atom stereocenters. The van der Waals surface area contributed by atoms with E-state index in [1.807, 2.05) is 73.8 Å². The summed E-state index contributed by atoms with van der Waals surface area (Å²) in [4.78, 5) is 26.8. The molecule has 4 rings (SSSR count). The van der Waals surface area contributed by atoms with Gasteiger partial charge < -0.3 is 24.6 Å². The van der Waals surface area contributed by atoms with E-state index in [4.69, 9.17) is 14.5 Å². The Labute approximate surface area is 224 Å². The van der Waals surface area contributed by atoms with Crippen molar-refractivity contribution in [2.45, 2.75) is 13.8 Å². The van der Waals surface area contributed by atoms with Crippen molar-refractivity contribution in [1.29, 1.82) is 0 Å². The molecule has 3 aromatic carbocycles. The molecular formula is C30H35N5O3. The summed E-state index contributed by atoms with van der Waals surface area (Å²) >= 11 is 0. The summed E-state index contributed by atoms with van der Waals surface area (Å²) in [6.45, 7) is 8.07. The Balaban J connectivity index is 1.48. The minimum Gasteiger partial charge on any atom is -0.497 e. The van der Waals surface area contributed by atoms with Gasteiger partial charge in [-0.3, -0.25) is 4.79 Å². The maximum Gasteiger partial charge on any atom is 0.257 e. The van der Waals surface area contributed by atoms with Gasteiger partial charge in [0, 0.05) is 31.4 Å². The topological polar surface area (TPSA) is 79.8 Å². The molecule has 0 saturated carbocycles. The van der Waals surface area contributed by atoms with E-state index in [2.05, 4.69) is 33.9 Å². The van der Waals surface area contributed by atoms with Gasteiger partial charge in [-0.05, 0) is 66.7 Å². The Bertz CT molecular complexity index is 1370. The van der Waals surface area contributed by atoms with Crippen LogP contribution in [0.15, 0.2) is 66.7 Å². The number of aromatic nitrogens is 2. The van der Waals surface area contributed by atoms with E-state index >= 15 is 0 Å². The van der Waals surface area contributed by atoms with Crippen LogP contribution in [0.5, 0.6) is 11.6 Å². The van der Waals surface area contributed by atoms with Gasteiger partial charge in [-0.25, -0.2) is 9.97 Å². The Morgan fingerprint density at radius 2 is 1.47 bits per heavy atom. The molecule has 0 unspecified atom stereocenters. The number of fused-ring (bicyclic) bond motifs is 1. The lowest BCUT2D eigenvalue weighted by Crippen LogP contribution is -2.33. The zero-order valence-corrected chi connectivity index (χ0v) is 22.7. The number of nitrogens with zero attached hydrogens (tertiary/aromatic N) is 4. The zero-order valence-electron chi connectivity index (χ0n) is 22.7. The fourth-order valence-electron chi connectivity index (χ4n) is 4.23. The highest BCUT2D eigenvalue weighted by atomic mass is 16.5. The molecule has 8 heteroatoms. The molecule has 0 bridgehead atoms. The molecule has 4 aromatic rings. The van der Waals surface area contributed by atoms with E-state index in [9.17, 15) is 4.79 Å². The molecule has 0 aliphatic rings. The van der Waals surface area contributed by atoms with Crippen LogP contribution in [0.1, 0.15) is 24.2 Å². The average molecular weight is 514 g/mol. The molecule has 1 heterocycles. The number of hydrogen-bond donors (Lipinski definition) is 1. The van der Waals surface area contributed by atoms with Crippen LogP contribution >= 0.6 is 0 Å². The molecule has 198 valence electrons. The van der Waals surface area contributed by atoms with Gasteiger partial charge in [0.2, 0.25) is 0 Å². The molecule has 0 aliphatic heterocycles. The molecule has 0 aliphatic carbocycles. The molecule has 8 nitrogen and oxygen atoms in total. The first-order valence-electron chi connectivity index (χ1n) is 12.8. The lowest BCUT2D eigenvalue weighted by atomic mass is 10.0. The van der Waals surface area contributed by atoms with Crippen LogP contribution in [0.3, 0.4) is 0 Å². The van der Waals surface area contributed by atoms with Crippen LogP contribution in [0.4, 0.5) is 11.5 Å². The van der Waals surface area contributed by atoms with Crippen LogP contribution in [-0.2, 0) is 0 Å². The summed E-state index contributed by atoms with van der Waals surface area (Å²) in [5.74, 6) is 1.76. The summed E-state index contributed by atoms with van der Waals surface area (Å²) < 4.78 is 10.8. The third-order valence-corrected chi connectivity index (χ3v) is 6.64. The fraction of sp³-hybridized carbons (Fsp3) is 0.300. The molecule has 0 saturated heterocycles. The first kappa shape index (κ1) is 26.9. The van der Waals surface area contributed by atoms with Crippen molar-refractivity contribution in [3.63, 3.8) is 0 Å². The predicted molar refractivity (Wildman–Crippen MR) is 154 cm³/mol. The van der Waals surface area contributed by atoms with E-state index in [0.29, 0.717) is 28.5 Å². The summed E-state index contributed by atoms with van der Waals surface area (Å²) in [6, 6.07) is 20.9. The number of benzene rings is 3. The van der Waals surface area contributed by atoms with Crippen molar-refractivity contribution in [2.75, 3.05) is 57.7 Å². The van der Waals surface area contributed by atoms with Crippen molar-refractivity contribution in [2.24, 2.45) is 0 Å². The average Bonchev–Trinajstić information content (AvgIpc) is 2.96. The Morgan fingerprint density at radius 3 is 2.08 bits per heavy atom. The maximum atomic E-state index is 12.9. The van der Waals surface area contributed by atoms with E-state index in [1.165, 1.54) is 0 Å². The van der Waals surface area contributed by atoms with Crippen LogP contribution in [-0.4, -0.2) is 68.2 Å².